The van der Waals surface area contributed by atoms with Crippen molar-refractivity contribution >= 4 is 17.7 Å². The Morgan fingerprint density at radius 3 is 2.66 bits per heavy atom. The first-order chi connectivity index (χ1) is 13.9. The van der Waals surface area contributed by atoms with E-state index in [0.717, 1.165) is 25.0 Å². The molecule has 0 bridgehead atoms. The molecule has 154 valence electrons. The van der Waals surface area contributed by atoms with E-state index in [9.17, 15) is 4.79 Å². The summed E-state index contributed by atoms with van der Waals surface area (Å²) in [6.07, 6.45) is 4.47. The minimum Gasteiger partial charge on any atom is -0.488 e. The fourth-order valence-corrected chi connectivity index (χ4v) is 4.62. The second-order valence-electron chi connectivity index (χ2n) is 8.54. The van der Waals surface area contributed by atoms with Gasteiger partial charge < -0.3 is 14.8 Å². The number of carbonyl (C=O) groups excluding carboxylic acids is 1. The molecule has 1 fully saturated rings. The van der Waals surface area contributed by atoms with Crippen LogP contribution in [0.4, 0.5) is 0 Å². The molecule has 2 aliphatic heterocycles. The van der Waals surface area contributed by atoms with E-state index in [1.165, 1.54) is 21.6 Å². The van der Waals surface area contributed by atoms with Gasteiger partial charge in [0.2, 0.25) is 5.91 Å². The summed E-state index contributed by atoms with van der Waals surface area (Å²) >= 11 is 1.75. The highest BCUT2D eigenvalue weighted by atomic mass is 32.2. The molecule has 5 heteroatoms. The summed E-state index contributed by atoms with van der Waals surface area (Å²) in [5.41, 5.74) is 3.41. The molecule has 1 saturated heterocycles. The van der Waals surface area contributed by atoms with E-state index in [4.69, 9.17) is 9.47 Å². The van der Waals surface area contributed by atoms with Gasteiger partial charge in [0.15, 0.2) is 0 Å². The molecule has 2 aromatic carbocycles. The van der Waals surface area contributed by atoms with Crippen LogP contribution < -0.4 is 10.1 Å². The average molecular weight is 412 g/mol. The van der Waals surface area contributed by atoms with Crippen molar-refractivity contribution in [3.63, 3.8) is 0 Å². The van der Waals surface area contributed by atoms with Crippen LogP contribution in [0.1, 0.15) is 32.3 Å². The highest BCUT2D eigenvalue weighted by Crippen LogP contribution is 2.34. The Labute approximate surface area is 177 Å². The lowest BCUT2D eigenvalue weighted by Crippen LogP contribution is -2.43. The zero-order valence-corrected chi connectivity index (χ0v) is 18.2. The van der Waals surface area contributed by atoms with Gasteiger partial charge in [-0.15, -0.1) is 11.8 Å². The Balaban J connectivity index is 1.34. The number of ether oxygens (including phenoxy) is 2. The Bertz CT molecular complexity index is 878. The van der Waals surface area contributed by atoms with Gasteiger partial charge in [-0.25, -0.2) is 0 Å². The van der Waals surface area contributed by atoms with Crippen molar-refractivity contribution in [1.29, 1.82) is 0 Å². The second-order valence-corrected chi connectivity index (χ2v) is 9.42. The second kappa shape index (κ2) is 8.41. The molecule has 1 amide bonds. The normalized spacial score (nSPS) is 22.6. The zero-order chi connectivity index (χ0) is 20.4. The van der Waals surface area contributed by atoms with Crippen molar-refractivity contribution in [1.82, 2.24) is 5.32 Å². The molecule has 2 aromatic rings. The van der Waals surface area contributed by atoms with Crippen molar-refractivity contribution < 1.29 is 14.3 Å². The molecule has 2 aliphatic rings. The van der Waals surface area contributed by atoms with Crippen LogP contribution in [0.2, 0.25) is 0 Å². The number of rotatable bonds is 5. The van der Waals surface area contributed by atoms with E-state index in [0.29, 0.717) is 13.2 Å². The van der Waals surface area contributed by atoms with E-state index in [1.807, 2.05) is 0 Å². The lowest BCUT2D eigenvalue weighted by Gasteiger charge is -2.34. The highest BCUT2D eigenvalue weighted by Gasteiger charge is 2.33. The number of fused-ring (bicyclic) bond motifs is 1. The number of hydrogen-bond acceptors (Lipinski definition) is 4. The Hall–Kier alpha value is -1.98. The first-order valence-electron chi connectivity index (χ1n) is 10.3. The fraction of sp³-hybridized carbons (Fsp3) is 0.458. The summed E-state index contributed by atoms with van der Waals surface area (Å²) in [6, 6.07) is 15.0. The van der Waals surface area contributed by atoms with Gasteiger partial charge in [0, 0.05) is 23.8 Å². The molecule has 2 heterocycles. The lowest BCUT2D eigenvalue weighted by atomic mass is 9.88. The van der Waals surface area contributed by atoms with E-state index >= 15 is 0 Å². The van der Waals surface area contributed by atoms with Gasteiger partial charge in [-0.2, -0.15) is 0 Å². The minimum absolute atomic E-state index is 0.00378. The van der Waals surface area contributed by atoms with Crippen LogP contribution in [0.5, 0.6) is 5.75 Å². The van der Waals surface area contributed by atoms with Crippen molar-refractivity contribution in [2.45, 2.75) is 49.7 Å². The minimum atomic E-state index is -0.217. The summed E-state index contributed by atoms with van der Waals surface area (Å²) < 4.78 is 11.8. The maximum atomic E-state index is 12.6. The molecule has 1 N–H and O–H groups in total. The van der Waals surface area contributed by atoms with Gasteiger partial charge in [-0.3, -0.25) is 4.79 Å². The van der Waals surface area contributed by atoms with Gasteiger partial charge in [-0.1, -0.05) is 18.2 Å². The number of carbonyl (C=O) groups is 1. The summed E-state index contributed by atoms with van der Waals surface area (Å²) in [5.74, 6) is 1.08. The molecule has 0 spiro atoms. The topological polar surface area (TPSA) is 47.6 Å². The molecular formula is C24H29NO3S. The van der Waals surface area contributed by atoms with Crippen LogP contribution in [0.3, 0.4) is 0 Å². The smallest absolute Gasteiger partial charge is 0.223 e. The maximum Gasteiger partial charge on any atom is 0.223 e. The molecule has 0 unspecified atom stereocenters. The Kier molecular flexibility index (Phi) is 5.88. The first kappa shape index (κ1) is 20.3. The third kappa shape index (κ3) is 4.78. The monoisotopic (exact) mass is 411 g/mol. The van der Waals surface area contributed by atoms with Crippen LogP contribution in [0.15, 0.2) is 47.4 Å². The molecule has 0 saturated carbocycles. The largest absolute Gasteiger partial charge is 0.488 e. The molecule has 4 nitrogen and oxygen atoms in total. The third-order valence-electron chi connectivity index (χ3n) is 5.80. The molecule has 2 atom stereocenters. The van der Waals surface area contributed by atoms with Gasteiger partial charge in [0.05, 0.1) is 12.1 Å². The number of hydrogen-bond donors (Lipinski definition) is 1. The van der Waals surface area contributed by atoms with Crippen LogP contribution in [0.25, 0.3) is 11.1 Å². The van der Waals surface area contributed by atoms with Crippen LogP contribution in [-0.2, 0) is 16.0 Å². The van der Waals surface area contributed by atoms with E-state index < -0.39 is 0 Å². The van der Waals surface area contributed by atoms with E-state index in [-0.39, 0.29) is 23.5 Å². The fourth-order valence-electron chi connectivity index (χ4n) is 4.21. The zero-order valence-electron chi connectivity index (χ0n) is 17.4. The number of amides is 1. The summed E-state index contributed by atoms with van der Waals surface area (Å²) in [6.45, 7) is 5.30. The van der Waals surface area contributed by atoms with E-state index in [1.54, 1.807) is 11.8 Å². The summed E-state index contributed by atoms with van der Waals surface area (Å²) in [4.78, 5) is 13.8. The molecule has 29 heavy (non-hydrogen) atoms. The quantitative estimate of drug-likeness (QED) is 0.725. The van der Waals surface area contributed by atoms with Crippen molar-refractivity contribution in [2.24, 2.45) is 5.92 Å². The predicted molar refractivity (Wildman–Crippen MR) is 118 cm³/mol. The highest BCUT2D eigenvalue weighted by molar-refractivity contribution is 7.98. The molecular weight excluding hydrogens is 382 g/mol. The standard InChI is InChI=1S/C24H29NO3S/c1-24(2)14-18(10-11-27-24)23(26)25-15-20-13-19-12-17(6-9-22(19)28-20)16-4-7-21(29-3)8-5-16/h4-9,12,18,20H,10-11,13-15H2,1-3H3,(H,25,26)/t18-,20-/m0/s1. The number of thioether (sulfide) groups is 1. The molecule has 0 aromatic heterocycles. The van der Waals surface area contributed by atoms with Crippen molar-refractivity contribution in [3.05, 3.63) is 48.0 Å². The number of nitrogens with one attached hydrogen (secondary N) is 1. The van der Waals surface area contributed by atoms with Crippen LogP contribution in [0, 0.1) is 5.92 Å². The van der Waals surface area contributed by atoms with Crippen molar-refractivity contribution in [2.75, 3.05) is 19.4 Å². The summed E-state index contributed by atoms with van der Waals surface area (Å²) in [5, 5.41) is 3.10. The van der Waals surface area contributed by atoms with Gasteiger partial charge in [0.25, 0.3) is 0 Å². The Morgan fingerprint density at radius 1 is 1.17 bits per heavy atom. The maximum absolute atomic E-state index is 12.6. The van der Waals surface area contributed by atoms with Crippen molar-refractivity contribution in [3.8, 4) is 16.9 Å². The SMILES string of the molecule is CSc1ccc(-c2ccc3c(c2)C[C@@H](CNC(=O)[C@H]2CCOC(C)(C)C2)O3)cc1. The molecule has 0 radical (unpaired) electrons. The van der Waals surface area contributed by atoms with Gasteiger partial charge in [0.1, 0.15) is 11.9 Å². The van der Waals surface area contributed by atoms with Gasteiger partial charge in [-0.05, 0) is 73.9 Å². The third-order valence-corrected chi connectivity index (χ3v) is 6.54. The van der Waals surface area contributed by atoms with Crippen LogP contribution in [-0.4, -0.2) is 37.0 Å². The Morgan fingerprint density at radius 2 is 1.93 bits per heavy atom. The number of benzene rings is 2. The predicted octanol–water partition coefficient (Wildman–Crippen LogP) is 4.70. The lowest BCUT2D eigenvalue weighted by molar-refractivity contribution is -0.135. The first-order valence-corrected chi connectivity index (χ1v) is 11.5. The molecule has 4 rings (SSSR count). The van der Waals surface area contributed by atoms with E-state index in [2.05, 4.69) is 67.9 Å². The van der Waals surface area contributed by atoms with Gasteiger partial charge >= 0.3 is 0 Å². The van der Waals surface area contributed by atoms with Crippen LogP contribution >= 0.6 is 11.8 Å². The summed E-state index contributed by atoms with van der Waals surface area (Å²) in [7, 11) is 0. The average Bonchev–Trinajstić information content (AvgIpc) is 3.13. The molecule has 0 aliphatic carbocycles.